The highest BCUT2D eigenvalue weighted by molar-refractivity contribution is 5.11. The molecule has 1 aliphatic rings. The molecule has 0 spiro atoms. The zero-order chi connectivity index (χ0) is 13.1. The van der Waals surface area contributed by atoms with Crippen LogP contribution in [0.3, 0.4) is 0 Å². The van der Waals surface area contributed by atoms with Gasteiger partial charge < -0.3 is 5.11 Å². The molecule has 1 aliphatic carbocycles. The molecule has 1 atom stereocenters. The Morgan fingerprint density at radius 2 is 1.50 bits per heavy atom. The molecule has 18 heavy (non-hydrogen) atoms. The zero-order valence-electron chi connectivity index (χ0n) is 12.3. The van der Waals surface area contributed by atoms with E-state index < -0.39 is 0 Å². The summed E-state index contributed by atoms with van der Waals surface area (Å²) in [6.45, 7) is 2.28. The third kappa shape index (κ3) is 7.92. The van der Waals surface area contributed by atoms with Gasteiger partial charge in [0.2, 0.25) is 0 Å². The quantitative estimate of drug-likeness (QED) is 0.387. The summed E-state index contributed by atoms with van der Waals surface area (Å²) in [6.07, 6.45) is 19.3. The highest BCUT2D eigenvalue weighted by atomic mass is 16.3. The molecule has 0 aromatic rings. The summed E-state index contributed by atoms with van der Waals surface area (Å²) in [7, 11) is 0. The van der Waals surface area contributed by atoms with Gasteiger partial charge in [-0.05, 0) is 25.7 Å². The van der Waals surface area contributed by atoms with E-state index in [-0.39, 0.29) is 6.10 Å². The SMILES string of the molecule is CCCCCCCCCCCCC1=CC(O)CC1. The Bertz CT molecular complexity index is 220. The summed E-state index contributed by atoms with van der Waals surface area (Å²) >= 11 is 0. The maximum atomic E-state index is 9.38. The van der Waals surface area contributed by atoms with Crippen molar-refractivity contribution in [2.45, 2.75) is 96.5 Å². The van der Waals surface area contributed by atoms with Crippen molar-refractivity contribution in [3.05, 3.63) is 11.6 Å². The molecule has 0 aromatic heterocycles. The Morgan fingerprint density at radius 1 is 0.944 bits per heavy atom. The van der Waals surface area contributed by atoms with Crippen LogP contribution in [0.5, 0.6) is 0 Å². The number of rotatable bonds is 11. The maximum absolute atomic E-state index is 9.38. The molecule has 0 amide bonds. The second-order valence-corrected chi connectivity index (χ2v) is 5.86. The first-order valence-electron chi connectivity index (χ1n) is 8.20. The topological polar surface area (TPSA) is 20.2 Å². The lowest BCUT2D eigenvalue weighted by molar-refractivity contribution is 0.223. The first-order chi connectivity index (χ1) is 8.83. The van der Waals surface area contributed by atoms with Crippen LogP contribution in [0.25, 0.3) is 0 Å². The number of aliphatic hydroxyl groups is 1. The fraction of sp³-hybridized carbons (Fsp3) is 0.882. The Labute approximate surface area is 114 Å². The molecular weight excluding hydrogens is 220 g/mol. The largest absolute Gasteiger partial charge is 0.389 e. The van der Waals surface area contributed by atoms with E-state index in [4.69, 9.17) is 0 Å². The van der Waals surface area contributed by atoms with E-state index in [0.717, 1.165) is 12.8 Å². The number of hydrogen-bond donors (Lipinski definition) is 1. The second-order valence-electron chi connectivity index (χ2n) is 5.86. The Balaban J connectivity index is 1.77. The molecule has 0 aliphatic heterocycles. The van der Waals surface area contributed by atoms with Crippen molar-refractivity contribution < 1.29 is 5.11 Å². The average Bonchev–Trinajstić information content (AvgIpc) is 2.77. The van der Waals surface area contributed by atoms with Crippen molar-refractivity contribution in [1.29, 1.82) is 0 Å². The molecule has 1 heteroatoms. The van der Waals surface area contributed by atoms with Crippen molar-refractivity contribution in [1.82, 2.24) is 0 Å². The molecule has 0 radical (unpaired) electrons. The van der Waals surface area contributed by atoms with Gasteiger partial charge in [-0.1, -0.05) is 76.4 Å². The van der Waals surface area contributed by atoms with Crippen LogP contribution in [0.4, 0.5) is 0 Å². The van der Waals surface area contributed by atoms with Gasteiger partial charge in [0.15, 0.2) is 0 Å². The van der Waals surface area contributed by atoms with Crippen molar-refractivity contribution in [3.8, 4) is 0 Å². The summed E-state index contributed by atoms with van der Waals surface area (Å²) in [6, 6.07) is 0. The van der Waals surface area contributed by atoms with Gasteiger partial charge in [-0.15, -0.1) is 0 Å². The molecule has 0 bridgehead atoms. The van der Waals surface area contributed by atoms with E-state index in [1.807, 2.05) is 0 Å². The van der Waals surface area contributed by atoms with Crippen LogP contribution in [0.1, 0.15) is 90.4 Å². The van der Waals surface area contributed by atoms with Crippen molar-refractivity contribution in [3.63, 3.8) is 0 Å². The fourth-order valence-corrected chi connectivity index (χ4v) is 2.82. The second kappa shape index (κ2) is 10.6. The van der Waals surface area contributed by atoms with Gasteiger partial charge in [0.05, 0.1) is 6.10 Å². The lowest BCUT2D eigenvalue weighted by Gasteiger charge is -2.03. The van der Waals surface area contributed by atoms with E-state index in [2.05, 4.69) is 13.0 Å². The van der Waals surface area contributed by atoms with E-state index in [9.17, 15) is 5.11 Å². The van der Waals surface area contributed by atoms with E-state index in [1.54, 1.807) is 0 Å². The van der Waals surface area contributed by atoms with Gasteiger partial charge in [-0.25, -0.2) is 0 Å². The van der Waals surface area contributed by atoms with Gasteiger partial charge >= 0.3 is 0 Å². The van der Waals surface area contributed by atoms with Crippen LogP contribution in [0.2, 0.25) is 0 Å². The van der Waals surface area contributed by atoms with E-state index in [0.29, 0.717) is 0 Å². The monoisotopic (exact) mass is 252 g/mol. The molecule has 1 rings (SSSR count). The third-order valence-electron chi connectivity index (χ3n) is 4.04. The van der Waals surface area contributed by atoms with Crippen molar-refractivity contribution in [2.24, 2.45) is 0 Å². The Morgan fingerprint density at radius 3 is 2.00 bits per heavy atom. The number of allylic oxidation sites excluding steroid dienone is 1. The van der Waals surface area contributed by atoms with Crippen molar-refractivity contribution >= 4 is 0 Å². The smallest absolute Gasteiger partial charge is 0.0726 e. The van der Waals surface area contributed by atoms with Gasteiger partial charge in [0.1, 0.15) is 0 Å². The normalized spacial score (nSPS) is 19.2. The van der Waals surface area contributed by atoms with Crippen LogP contribution < -0.4 is 0 Å². The summed E-state index contributed by atoms with van der Waals surface area (Å²) in [5, 5.41) is 9.38. The van der Waals surface area contributed by atoms with Crippen LogP contribution >= 0.6 is 0 Å². The molecule has 0 heterocycles. The van der Waals surface area contributed by atoms with Crippen LogP contribution in [0, 0.1) is 0 Å². The van der Waals surface area contributed by atoms with Gasteiger partial charge in [0.25, 0.3) is 0 Å². The first kappa shape index (κ1) is 15.8. The predicted molar refractivity (Wildman–Crippen MR) is 79.8 cm³/mol. The van der Waals surface area contributed by atoms with Crippen LogP contribution in [0.15, 0.2) is 11.6 Å². The number of aliphatic hydroxyl groups excluding tert-OH is 1. The highest BCUT2D eigenvalue weighted by Gasteiger charge is 2.11. The lowest BCUT2D eigenvalue weighted by atomic mass is 10.0. The summed E-state index contributed by atoms with van der Waals surface area (Å²) < 4.78 is 0. The fourth-order valence-electron chi connectivity index (χ4n) is 2.82. The van der Waals surface area contributed by atoms with E-state index in [1.165, 1.54) is 76.2 Å². The van der Waals surface area contributed by atoms with Crippen LogP contribution in [-0.2, 0) is 0 Å². The summed E-state index contributed by atoms with van der Waals surface area (Å²) in [5.41, 5.74) is 1.50. The van der Waals surface area contributed by atoms with Crippen molar-refractivity contribution in [2.75, 3.05) is 0 Å². The molecule has 0 fully saturated rings. The molecule has 1 unspecified atom stereocenters. The molecule has 0 aromatic carbocycles. The average molecular weight is 252 g/mol. The third-order valence-corrected chi connectivity index (χ3v) is 4.04. The highest BCUT2D eigenvalue weighted by Crippen LogP contribution is 2.23. The lowest BCUT2D eigenvalue weighted by Crippen LogP contribution is -1.93. The number of unbranched alkanes of at least 4 members (excludes halogenated alkanes) is 9. The zero-order valence-corrected chi connectivity index (χ0v) is 12.3. The maximum Gasteiger partial charge on any atom is 0.0726 e. The standard InChI is InChI=1S/C17H32O/c1-2-3-4-5-6-7-8-9-10-11-12-16-13-14-17(18)15-16/h15,17-18H,2-14H2,1H3. The minimum Gasteiger partial charge on any atom is -0.389 e. The Hall–Kier alpha value is -0.300. The molecule has 106 valence electrons. The van der Waals surface area contributed by atoms with Gasteiger partial charge in [0, 0.05) is 0 Å². The Kier molecular flexibility index (Phi) is 9.28. The molecule has 1 nitrogen and oxygen atoms in total. The predicted octanol–water partition coefficient (Wildman–Crippen LogP) is 5.38. The first-order valence-corrected chi connectivity index (χ1v) is 8.20. The molecular formula is C17H32O. The molecule has 0 saturated heterocycles. The molecule has 0 saturated carbocycles. The minimum absolute atomic E-state index is 0.136. The van der Waals surface area contributed by atoms with E-state index >= 15 is 0 Å². The van der Waals surface area contributed by atoms with Gasteiger partial charge in [-0.2, -0.15) is 0 Å². The summed E-state index contributed by atoms with van der Waals surface area (Å²) in [4.78, 5) is 0. The van der Waals surface area contributed by atoms with Gasteiger partial charge in [-0.3, -0.25) is 0 Å². The minimum atomic E-state index is -0.136. The summed E-state index contributed by atoms with van der Waals surface area (Å²) in [5.74, 6) is 0. The molecule has 1 N–H and O–H groups in total. The number of hydrogen-bond acceptors (Lipinski definition) is 1. The van der Waals surface area contributed by atoms with Crippen LogP contribution in [-0.4, -0.2) is 11.2 Å².